The van der Waals surface area contributed by atoms with Crippen LogP contribution in [0.1, 0.15) is 92.6 Å². The zero-order chi connectivity index (χ0) is 42.5. The Morgan fingerprint density at radius 3 is 2.33 bits per heavy atom. The molecule has 0 amide bonds. The van der Waals surface area contributed by atoms with Gasteiger partial charge in [0.05, 0.1) is 50.1 Å². The Labute approximate surface area is 331 Å². The van der Waals surface area contributed by atoms with Gasteiger partial charge in [-0.25, -0.2) is 9.59 Å². The Kier molecular flexibility index (Phi) is 12.3. The lowest BCUT2D eigenvalue weighted by atomic mass is 9.46. The summed E-state index contributed by atoms with van der Waals surface area (Å²) in [6.45, 7) is 16.9. The van der Waals surface area contributed by atoms with Gasteiger partial charge in [0, 0.05) is 35.7 Å². The summed E-state index contributed by atoms with van der Waals surface area (Å²) in [5.74, 6) is -9.75. The van der Waals surface area contributed by atoms with Crippen molar-refractivity contribution >= 4 is 30.3 Å². The lowest BCUT2D eigenvalue weighted by molar-refractivity contribution is -0.328. The molecule has 0 aromatic carbocycles. The van der Waals surface area contributed by atoms with E-state index in [0.717, 1.165) is 6.92 Å². The Hall–Kier alpha value is -4.09. The molecular formula is C41H56O16. The Bertz CT molecular complexity index is 1760. The van der Waals surface area contributed by atoms with Gasteiger partial charge >= 0.3 is 23.9 Å². The number of allylic oxidation sites excluding steroid dienone is 1. The van der Waals surface area contributed by atoms with Crippen molar-refractivity contribution in [2.24, 2.45) is 28.6 Å². The molecule has 1 aromatic rings. The van der Waals surface area contributed by atoms with Crippen LogP contribution < -0.4 is 0 Å². The molecule has 316 valence electrons. The lowest BCUT2D eigenvalue weighted by Crippen LogP contribution is -2.72. The normalized spacial score (nSPS) is 39.9. The molecule has 2 bridgehead atoms. The number of aliphatic hydroxyl groups excluding tert-OH is 1. The average Bonchev–Trinajstić information content (AvgIpc) is 3.86. The molecule has 0 spiro atoms. The van der Waals surface area contributed by atoms with Crippen molar-refractivity contribution in [3.63, 3.8) is 0 Å². The molecule has 3 heterocycles. The SMILES string of the molecule is C=C1C([C@@]2(C)[C@@H](OC(C)=O)C[C@]3(O)OC[C@@](C)(O3)[C@@H]2CC(=O)OC)[C@@H](OC=O)[C@H](OC(=O)[C@H](O)[C@H](C)CC)[C@@]2(C)[C@H](c3ccoc3)C[C@@H](OC(=O)C(C)=CC)[C@]12O. The first-order valence-electron chi connectivity index (χ1n) is 19.2. The largest absolute Gasteiger partial charge is 0.472 e. The van der Waals surface area contributed by atoms with Crippen LogP contribution in [-0.4, -0.2) is 107 Å². The maximum atomic E-state index is 14.1. The third kappa shape index (κ3) is 7.10. The van der Waals surface area contributed by atoms with Gasteiger partial charge in [0.25, 0.3) is 12.4 Å². The van der Waals surface area contributed by atoms with Crippen molar-refractivity contribution in [3.8, 4) is 0 Å². The Morgan fingerprint density at radius 2 is 1.77 bits per heavy atom. The topological polar surface area (TPSA) is 224 Å². The zero-order valence-electron chi connectivity index (χ0n) is 34.0. The number of hydrogen-bond donors (Lipinski definition) is 3. The van der Waals surface area contributed by atoms with Crippen LogP contribution in [0, 0.1) is 28.6 Å². The van der Waals surface area contributed by atoms with Crippen molar-refractivity contribution in [3.05, 3.63) is 48.0 Å². The van der Waals surface area contributed by atoms with E-state index in [1.165, 1.54) is 32.6 Å². The Balaban J connectivity index is 1.88. The minimum absolute atomic E-state index is 0.0825. The maximum Gasteiger partial charge on any atom is 0.335 e. The van der Waals surface area contributed by atoms with E-state index in [4.69, 9.17) is 37.6 Å². The second-order valence-corrected chi connectivity index (χ2v) is 16.6. The van der Waals surface area contributed by atoms with Crippen LogP contribution in [0.15, 0.2) is 46.8 Å². The van der Waals surface area contributed by atoms with E-state index in [9.17, 15) is 39.3 Å². The van der Waals surface area contributed by atoms with Gasteiger partial charge < -0.3 is 52.9 Å². The molecule has 14 atom stereocenters. The fourth-order valence-corrected chi connectivity index (χ4v) is 10.1. The lowest BCUT2D eigenvalue weighted by Gasteiger charge is -2.62. The molecule has 4 fully saturated rings. The zero-order valence-corrected chi connectivity index (χ0v) is 34.0. The summed E-state index contributed by atoms with van der Waals surface area (Å²) in [5, 5.41) is 36.6. The molecule has 16 heteroatoms. The van der Waals surface area contributed by atoms with Gasteiger partial charge in [0.2, 0.25) is 0 Å². The van der Waals surface area contributed by atoms with Gasteiger partial charge in [-0.3, -0.25) is 14.4 Å². The van der Waals surface area contributed by atoms with Gasteiger partial charge in [-0.15, -0.1) is 0 Å². The minimum Gasteiger partial charge on any atom is -0.472 e. The molecule has 16 nitrogen and oxygen atoms in total. The van der Waals surface area contributed by atoms with Crippen LogP contribution in [-0.2, 0) is 57.1 Å². The standard InChI is InChI=1S/C41H56O16/c1-11-21(3)32(45)36(47)56-34-33(52-20-42)31(38(8)27(16-30(44)50-10)37(7)19-53-40(48,57-37)17-29(38)54-24(6)43)23(5)41(49)28(55-35(46)22(4)12-2)15-26(39(34,41)9)25-13-14-51-18-25/h12-14,18,20-21,26-29,31-34,45,48-49H,5,11,15-17,19H2,1-4,6-10H3/t21-,26+,27+,28-,29+,31?,32-,33-,34+,37-,38-,39-,40+,41-/m1/s1. The number of ether oxygens (including phenoxy) is 7. The highest BCUT2D eigenvalue weighted by Gasteiger charge is 2.79. The number of furan rings is 1. The smallest absolute Gasteiger partial charge is 0.335 e. The fraction of sp³-hybridized carbons (Fsp3) is 0.683. The molecule has 2 aliphatic heterocycles. The molecule has 1 aromatic heterocycles. The first kappa shape index (κ1) is 44.0. The van der Waals surface area contributed by atoms with E-state index < -0.39 is 119 Å². The van der Waals surface area contributed by atoms with E-state index in [1.54, 1.807) is 47.6 Å². The highest BCUT2D eigenvalue weighted by Crippen LogP contribution is 2.70. The van der Waals surface area contributed by atoms with E-state index in [1.807, 2.05) is 0 Å². The number of rotatable bonds is 13. The number of carbonyl (C=O) groups is 5. The van der Waals surface area contributed by atoms with Crippen LogP contribution in [0.3, 0.4) is 0 Å². The fourth-order valence-electron chi connectivity index (χ4n) is 10.1. The summed E-state index contributed by atoms with van der Waals surface area (Å²) in [5.41, 5.74) is -6.76. The molecule has 5 rings (SSSR count). The maximum absolute atomic E-state index is 14.1. The predicted molar refractivity (Wildman–Crippen MR) is 196 cm³/mol. The molecule has 1 unspecified atom stereocenters. The summed E-state index contributed by atoms with van der Waals surface area (Å²) in [6.07, 6.45) is -4.07. The van der Waals surface area contributed by atoms with E-state index >= 15 is 0 Å². The molecule has 3 N–H and O–H groups in total. The summed E-state index contributed by atoms with van der Waals surface area (Å²) in [6, 6.07) is 1.64. The van der Waals surface area contributed by atoms with Crippen molar-refractivity contribution in [2.75, 3.05) is 13.7 Å². The van der Waals surface area contributed by atoms with Crippen LogP contribution in [0.4, 0.5) is 0 Å². The second-order valence-electron chi connectivity index (χ2n) is 16.6. The molecule has 2 aliphatic carbocycles. The van der Waals surface area contributed by atoms with Crippen molar-refractivity contribution in [1.82, 2.24) is 0 Å². The van der Waals surface area contributed by atoms with E-state index in [-0.39, 0.29) is 30.6 Å². The molecule has 4 aliphatic rings. The number of aliphatic hydroxyl groups is 3. The van der Waals surface area contributed by atoms with Gasteiger partial charge in [0.15, 0.2) is 6.10 Å². The Morgan fingerprint density at radius 1 is 1.09 bits per heavy atom. The second kappa shape index (κ2) is 15.9. The molecule has 0 radical (unpaired) electrons. The quantitative estimate of drug-likeness (QED) is 0.0854. The monoisotopic (exact) mass is 804 g/mol. The number of fused-ring (bicyclic) bond motifs is 3. The van der Waals surface area contributed by atoms with E-state index in [2.05, 4.69) is 6.58 Å². The van der Waals surface area contributed by atoms with Crippen LogP contribution in [0.2, 0.25) is 0 Å². The molecule has 2 saturated carbocycles. The molecule has 2 saturated heterocycles. The summed E-state index contributed by atoms with van der Waals surface area (Å²) >= 11 is 0. The summed E-state index contributed by atoms with van der Waals surface area (Å²) < 4.78 is 46.9. The third-order valence-corrected chi connectivity index (χ3v) is 13.6. The van der Waals surface area contributed by atoms with Gasteiger partial charge in [-0.2, -0.15) is 0 Å². The van der Waals surface area contributed by atoms with Crippen LogP contribution in [0.25, 0.3) is 0 Å². The minimum atomic E-state index is -2.36. The van der Waals surface area contributed by atoms with Crippen LogP contribution in [0.5, 0.6) is 0 Å². The predicted octanol–water partition coefficient (Wildman–Crippen LogP) is 3.40. The van der Waals surface area contributed by atoms with Gasteiger partial charge in [-0.1, -0.05) is 46.8 Å². The van der Waals surface area contributed by atoms with Crippen LogP contribution >= 0.6 is 0 Å². The first-order chi connectivity index (χ1) is 26.6. The number of carbonyl (C=O) groups excluding carboxylic acids is 5. The van der Waals surface area contributed by atoms with Crippen molar-refractivity contribution in [1.29, 1.82) is 0 Å². The summed E-state index contributed by atoms with van der Waals surface area (Å²) in [4.78, 5) is 66.8. The third-order valence-electron chi connectivity index (χ3n) is 13.6. The summed E-state index contributed by atoms with van der Waals surface area (Å²) in [7, 11) is 1.18. The van der Waals surface area contributed by atoms with Crippen molar-refractivity contribution < 1.29 is 76.9 Å². The highest BCUT2D eigenvalue weighted by atomic mass is 16.9. The molecule has 57 heavy (non-hydrogen) atoms. The van der Waals surface area contributed by atoms with Crippen molar-refractivity contribution in [2.45, 2.75) is 135 Å². The van der Waals surface area contributed by atoms with Gasteiger partial charge in [0.1, 0.15) is 30.0 Å². The first-order valence-corrected chi connectivity index (χ1v) is 19.2. The van der Waals surface area contributed by atoms with Gasteiger partial charge in [-0.05, 0) is 50.3 Å². The number of hydrogen-bond acceptors (Lipinski definition) is 16. The number of esters is 4. The number of methoxy groups -OCH3 is 1. The highest BCUT2D eigenvalue weighted by molar-refractivity contribution is 5.88. The molecular weight excluding hydrogens is 748 g/mol. The average molecular weight is 805 g/mol. The van der Waals surface area contributed by atoms with E-state index in [0.29, 0.717) is 12.0 Å².